The molecule has 6 rings (SSSR count). The van der Waals surface area contributed by atoms with Gasteiger partial charge in [0.2, 0.25) is 10.0 Å². The second kappa shape index (κ2) is 15.2. The number of carboxylic acid groups (broad SMARTS) is 1. The molecule has 1 N–H and O–H groups in total. The van der Waals surface area contributed by atoms with Gasteiger partial charge in [-0.3, -0.25) is 4.31 Å². The molecule has 1 saturated carbocycles. The number of carbonyl (C=O) groups is 1. The van der Waals surface area contributed by atoms with Crippen molar-refractivity contribution in [2.75, 3.05) is 17.1 Å². The normalized spacial score (nSPS) is 13.6. The van der Waals surface area contributed by atoms with Gasteiger partial charge < -0.3 is 14.4 Å². The number of ether oxygens (including phenoxy) is 1. The summed E-state index contributed by atoms with van der Waals surface area (Å²) in [6.45, 7) is 2.29. The molecule has 1 heterocycles. The van der Waals surface area contributed by atoms with E-state index in [2.05, 4.69) is 4.57 Å². The number of hydrogen-bond acceptors (Lipinski definition) is 5. The summed E-state index contributed by atoms with van der Waals surface area (Å²) in [7, 11) is -3.52. The van der Waals surface area contributed by atoms with E-state index in [0.29, 0.717) is 46.3 Å². The van der Waals surface area contributed by atoms with Gasteiger partial charge in [0.25, 0.3) is 0 Å². The number of carboxylic acids is 1. The van der Waals surface area contributed by atoms with Crippen LogP contribution in [-0.4, -0.2) is 41.8 Å². The lowest BCUT2D eigenvalue weighted by atomic mass is 9.94. The SMILES string of the molecule is CCCN(c1ccc(-c2ccc(Cl)cc2)c(COc2ccc(-c3nc4cc(C(=O)O)ccc4n3C3CCCCC3)c(F)c2)c1)S(C)(=O)=O.Cl. The Balaban J connectivity index is 0.00000468. The van der Waals surface area contributed by atoms with Gasteiger partial charge in [-0.25, -0.2) is 22.6 Å². The molecule has 12 heteroatoms. The summed E-state index contributed by atoms with van der Waals surface area (Å²) in [5, 5.41) is 10.1. The number of fused-ring (bicyclic) bond motifs is 1. The molecule has 0 aliphatic heterocycles. The van der Waals surface area contributed by atoms with Crippen LogP contribution in [0.4, 0.5) is 10.1 Å². The van der Waals surface area contributed by atoms with Crippen LogP contribution >= 0.6 is 24.0 Å². The number of rotatable bonds is 11. The zero-order chi connectivity index (χ0) is 34.0. The highest BCUT2D eigenvalue weighted by atomic mass is 35.5. The summed E-state index contributed by atoms with van der Waals surface area (Å²) in [6, 6.07) is 22.4. The van der Waals surface area contributed by atoms with E-state index in [9.17, 15) is 18.3 Å². The van der Waals surface area contributed by atoms with Gasteiger partial charge in [0.15, 0.2) is 0 Å². The predicted molar refractivity (Wildman–Crippen MR) is 195 cm³/mol. The van der Waals surface area contributed by atoms with Crippen LogP contribution in [0.3, 0.4) is 0 Å². The molecule has 258 valence electrons. The third-order valence-electron chi connectivity index (χ3n) is 8.81. The van der Waals surface area contributed by atoms with Gasteiger partial charge in [-0.15, -0.1) is 12.4 Å². The standard InChI is InChI=1S/C37H37ClFN3O5S.ClH/c1-3-19-41(48(2,45)46)29-14-16-31(24-9-12-27(38)13-10-24)26(20-29)23-47-30-15-17-32(33(39)22-30)36-40-34-21-25(37(43)44)11-18-35(34)42(36)28-7-5-4-6-8-28;/h9-18,20-22,28H,3-8,19,23H2,1-2H3,(H,43,44);1H. The van der Waals surface area contributed by atoms with E-state index in [1.54, 1.807) is 48.5 Å². The zero-order valence-corrected chi connectivity index (χ0v) is 29.6. The van der Waals surface area contributed by atoms with Crippen molar-refractivity contribution in [2.45, 2.75) is 58.1 Å². The Hall–Kier alpha value is -4.12. The van der Waals surface area contributed by atoms with E-state index in [4.69, 9.17) is 21.3 Å². The molecule has 1 aliphatic rings. The summed E-state index contributed by atoms with van der Waals surface area (Å²) in [5.41, 5.74) is 4.66. The van der Waals surface area contributed by atoms with Crippen LogP contribution < -0.4 is 9.04 Å². The second-order valence-electron chi connectivity index (χ2n) is 12.2. The largest absolute Gasteiger partial charge is 0.489 e. The van der Waals surface area contributed by atoms with Crippen LogP contribution in [-0.2, 0) is 16.6 Å². The molecule has 0 radical (unpaired) electrons. The van der Waals surface area contributed by atoms with Gasteiger partial charge >= 0.3 is 5.97 Å². The smallest absolute Gasteiger partial charge is 0.335 e. The molecular formula is C37H38Cl2FN3O5S. The number of anilines is 1. The maximum absolute atomic E-state index is 16.0. The van der Waals surface area contributed by atoms with Crippen molar-refractivity contribution in [3.05, 3.63) is 101 Å². The summed E-state index contributed by atoms with van der Waals surface area (Å²) in [4.78, 5) is 16.4. The lowest BCUT2D eigenvalue weighted by Gasteiger charge is -2.26. The molecule has 0 amide bonds. The van der Waals surface area contributed by atoms with Crippen molar-refractivity contribution in [2.24, 2.45) is 0 Å². The highest BCUT2D eigenvalue weighted by Crippen LogP contribution is 2.38. The second-order valence-corrected chi connectivity index (χ2v) is 14.6. The third kappa shape index (κ3) is 7.87. The van der Waals surface area contributed by atoms with E-state index in [-0.39, 0.29) is 30.6 Å². The van der Waals surface area contributed by atoms with Gasteiger partial charge in [-0.2, -0.15) is 0 Å². The van der Waals surface area contributed by atoms with Crippen LogP contribution in [0, 0.1) is 5.82 Å². The highest BCUT2D eigenvalue weighted by Gasteiger charge is 2.25. The molecule has 1 fully saturated rings. The molecule has 0 spiro atoms. The van der Waals surface area contributed by atoms with Gasteiger partial charge in [-0.1, -0.05) is 56.0 Å². The van der Waals surface area contributed by atoms with Crippen LogP contribution in [0.15, 0.2) is 78.9 Å². The molecule has 1 aliphatic carbocycles. The van der Waals surface area contributed by atoms with Gasteiger partial charge in [0.05, 0.1) is 34.1 Å². The van der Waals surface area contributed by atoms with Crippen molar-refractivity contribution in [1.82, 2.24) is 9.55 Å². The monoisotopic (exact) mass is 725 g/mol. The Kier molecular flexibility index (Phi) is 11.2. The average Bonchev–Trinajstić information content (AvgIpc) is 3.45. The number of hydrogen-bond donors (Lipinski definition) is 1. The first-order chi connectivity index (χ1) is 23.0. The minimum Gasteiger partial charge on any atom is -0.489 e. The lowest BCUT2D eigenvalue weighted by molar-refractivity contribution is 0.0697. The maximum atomic E-state index is 16.0. The average molecular weight is 727 g/mol. The van der Waals surface area contributed by atoms with Crippen molar-refractivity contribution < 1.29 is 27.4 Å². The molecule has 0 atom stereocenters. The van der Waals surface area contributed by atoms with Crippen LogP contribution in [0.2, 0.25) is 5.02 Å². The number of nitrogens with zero attached hydrogens (tertiary/aromatic N) is 3. The number of aromatic carboxylic acids is 1. The number of benzene rings is 4. The first-order valence-electron chi connectivity index (χ1n) is 16.1. The molecule has 0 bridgehead atoms. The fraction of sp³-hybridized carbons (Fsp3) is 0.297. The minimum absolute atomic E-state index is 0. The first-order valence-corrected chi connectivity index (χ1v) is 18.3. The Bertz CT molecular complexity index is 2080. The zero-order valence-electron chi connectivity index (χ0n) is 27.2. The highest BCUT2D eigenvalue weighted by molar-refractivity contribution is 7.92. The molecule has 8 nitrogen and oxygen atoms in total. The molecule has 0 saturated heterocycles. The summed E-state index contributed by atoms with van der Waals surface area (Å²) in [5.74, 6) is -0.808. The minimum atomic E-state index is -3.52. The molecule has 1 aromatic heterocycles. The predicted octanol–water partition coefficient (Wildman–Crippen LogP) is 9.54. The van der Waals surface area contributed by atoms with Gasteiger partial charge in [0.1, 0.15) is 24.0 Å². The Labute approximate surface area is 297 Å². The number of imidazole rings is 1. The fourth-order valence-corrected chi connectivity index (χ4v) is 7.65. The van der Waals surface area contributed by atoms with E-state index < -0.39 is 21.8 Å². The molecule has 49 heavy (non-hydrogen) atoms. The van der Waals surface area contributed by atoms with Crippen molar-refractivity contribution in [3.8, 4) is 28.3 Å². The number of sulfonamides is 1. The van der Waals surface area contributed by atoms with Crippen molar-refractivity contribution in [1.29, 1.82) is 0 Å². The van der Waals surface area contributed by atoms with Crippen molar-refractivity contribution >= 4 is 56.7 Å². The topological polar surface area (TPSA) is 102 Å². The van der Waals surface area contributed by atoms with E-state index >= 15 is 4.39 Å². The number of halogens is 3. The quantitative estimate of drug-likeness (QED) is 0.146. The molecule has 0 unspecified atom stereocenters. The Morgan fingerprint density at radius 3 is 2.37 bits per heavy atom. The molecular weight excluding hydrogens is 688 g/mol. The summed E-state index contributed by atoms with van der Waals surface area (Å²) in [6.07, 6.45) is 6.97. The maximum Gasteiger partial charge on any atom is 0.335 e. The lowest BCUT2D eigenvalue weighted by Crippen LogP contribution is -2.30. The molecule has 4 aromatic carbocycles. The molecule has 5 aromatic rings. The van der Waals surface area contributed by atoms with Gasteiger partial charge in [0, 0.05) is 23.7 Å². The summed E-state index contributed by atoms with van der Waals surface area (Å²) < 4.78 is 50.8. The fourth-order valence-electron chi connectivity index (χ4n) is 6.51. The van der Waals surface area contributed by atoms with E-state index in [1.165, 1.54) is 22.7 Å². The number of aromatic nitrogens is 2. The van der Waals surface area contributed by atoms with Crippen molar-refractivity contribution in [3.63, 3.8) is 0 Å². The van der Waals surface area contributed by atoms with Gasteiger partial charge in [-0.05, 0) is 90.6 Å². The Morgan fingerprint density at radius 2 is 1.71 bits per heavy atom. The first kappa shape index (κ1) is 36.2. The summed E-state index contributed by atoms with van der Waals surface area (Å²) >= 11 is 6.14. The Morgan fingerprint density at radius 1 is 1.00 bits per heavy atom. The van der Waals surface area contributed by atoms with Crippen LogP contribution in [0.5, 0.6) is 5.75 Å². The van der Waals surface area contributed by atoms with Crippen LogP contribution in [0.25, 0.3) is 33.5 Å². The van der Waals surface area contributed by atoms with Crippen LogP contribution in [0.1, 0.15) is 67.4 Å². The van der Waals surface area contributed by atoms with E-state index in [0.717, 1.165) is 54.3 Å². The third-order valence-corrected chi connectivity index (χ3v) is 10.3. The van der Waals surface area contributed by atoms with E-state index in [1.807, 2.05) is 25.1 Å².